The molecule has 0 heterocycles. The lowest BCUT2D eigenvalue weighted by atomic mass is 10.1. The van der Waals surface area contributed by atoms with Crippen LogP contribution in [0.5, 0.6) is 0 Å². The quantitative estimate of drug-likeness (QED) is 0.600. The zero-order valence-corrected chi connectivity index (χ0v) is 9.92. The molecule has 1 atom stereocenters. The summed E-state index contributed by atoms with van der Waals surface area (Å²) in [6.07, 6.45) is 3.47. The summed E-state index contributed by atoms with van der Waals surface area (Å²) in [5.74, 6) is 0.674. The highest BCUT2D eigenvalue weighted by Gasteiger charge is 2.17. The van der Waals surface area contributed by atoms with Gasteiger partial charge in [0.1, 0.15) is 0 Å². The fourth-order valence-electron chi connectivity index (χ4n) is 1.39. The van der Waals surface area contributed by atoms with Gasteiger partial charge in [0.2, 0.25) is 5.91 Å². The first-order valence-corrected chi connectivity index (χ1v) is 5.44. The average molecular weight is 197 g/mol. The number of amides is 1. The highest BCUT2D eigenvalue weighted by Crippen LogP contribution is 2.09. The van der Waals surface area contributed by atoms with Crippen LogP contribution in [0.1, 0.15) is 40.5 Å². The third-order valence-electron chi connectivity index (χ3n) is 2.20. The Balaban J connectivity index is 4.32. The van der Waals surface area contributed by atoms with Crippen LogP contribution >= 0.6 is 0 Å². The van der Waals surface area contributed by atoms with E-state index in [4.69, 9.17) is 0 Å². The van der Waals surface area contributed by atoms with E-state index in [0.717, 1.165) is 13.0 Å². The molecule has 0 spiro atoms. The molecule has 0 aliphatic heterocycles. The van der Waals surface area contributed by atoms with Gasteiger partial charge in [-0.15, -0.1) is 6.58 Å². The minimum atomic E-state index is 0.154. The molecule has 2 nitrogen and oxygen atoms in total. The van der Waals surface area contributed by atoms with Crippen LogP contribution in [-0.4, -0.2) is 23.4 Å². The van der Waals surface area contributed by atoms with Crippen LogP contribution in [-0.2, 0) is 4.79 Å². The third-order valence-corrected chi connectivity index (χ3v) is 2.20. The van der Waals surface area contributed by atoms with Crippen molar-refractivity contribution in [1.82, 2.24) is 4.90 Å². The Kier molecular flexibility index (Phi) is 6.26. The SMILES string of the molecule is C=CC(C)N(CCC)C(=O)CC(C)C. The topological polar surface area (TPSA) is 20.3 Å². The Bertz CT molecular complexity index is 187. The molecule has 0 rings (SSSR count). The maximum atomic E-state index is 11.8. The van der Waals surface area contributed by atoms with Crippen LogP contribution in [0.15, 0.2) is 12.7 Å². The van der Waals surface area contributed by atoms with E-state index < -0.39 is 0 Å². The first-order valence-electron chi connectivity index (χ1n) is 5.44. The third kappa shape index (κ3) is 4.45. The lowest BCUT2D eigenvalue weighted by Gasteiger charge is -2.27. The van der Waals surface area contributed by atoms with Crippen molar-refractivity contribution >= 4 is 5.91 Å². The molecular weight excluding hydrogens is 174 g/mol. The minimum absolute atomic E-state index is 0.154. The monoisotopic (exact) mass is 197 g/mol. The molecule has 0 saturated carbocycles. The molecule has 0 fully saturated rings. The molecule has 0 aromatic carbocycles. The summed E-state index contributed by atoms with van der Waals surface area (Å²) in [5.41, 5.74) is 0. The molecule has 0 bridgehead atoms. The summed E-state index contributed by atoms with van der Waals surface area (Å²) in [6, 6.07) is 0.154. The minimum Gasteiger partial charge on any atom is -0.337 e. The summed E-state index contributed by atoms with van der Waals surface area (Å²) >= 11 is 0. The lowest BCUT2D eigenvalue weighted by molar-refractivity contribution is -0.133. The summed E-state index contributed by atoms with van der Waals surface area (Å²) in [4.78, 5) is 13.7. The fraction of sp³-hybridized carbons (Fsp3) is 0.750. The van der Waals surface area contributed by atoms with E-state index >= 15 is 0 Å². The van der Waals surface area contributed by atoms with E-state index in [9.17, 15) is 4.79 Å². The molecule has 2 heteroatoms. The molecule has 1 unspecified atom stereocenters. The molecule has 0 N–H and O–H groups in total. The zero-order chi connectivity index (χ0) is 11.1. The van der Waals surface area contributed by atoms with Crippen molar-refractivity contribution in [2.24, 2.45) is 5.92 Å². The lowest BCUT2D eigenvalue weighted by Crippen LogP contribution is -2.38. The number of carbonyl (C=O) groups is 1. The van der Waals surface area contributed by atoms with Gasteiger partial charge in [0.25, 0.3) is 0 Å². The van der Waals surface area contributed by atoms with Gasteiger partial charge in [0.05, 0.1) is 0 Å². The van der Waals surface area contributed by atoms with Gasteiger partial charge in [-0.05, 0) is 19.3 Å². The standard InChI is InChI=1S/C12H23NO/c1-6-8-13(11(5)7-2)12(14)9-10(3)4/h7,10-11H,2,6,8-9H2,1,3-5H3. The molecule has 0 saturated heterocycles. The predicted molar refractivity (Wildman–Crippen MR) is 61.1 cm³/mol. The van der Waals surface area contributed by atoms with E-state index in [-0.39, 0.29) is 11.9 Å². The van der Waals surface area contributed by atoms with Crippen molar-refractivity contribution in [1.29, 1.82) is 0 Å². The van der Waals surface area contributed by atoms with Crippen molar-refractivity contribution < 1.29 is 4.79 Å². The van der Waals surface area contributed by atoms with Crippen LogP contribution in [0.25, 0.3) is 0 Å². The molecule has 0 radical (unpaired) electrons. The highest BCUT2D eigenvalue weighted by atomic mass is 16.2. The predicted octanol–water partition coefficient (Wildman–Crippen LogP) is 2.85. The largest absolute Gasteiger partial charge is 0.337 e. The van der Waals surface area contributed by atoms with E-state index in [1.807, 2.05) is 17.9 Å². The van der Waals surface area contributed by atoms with Gasteiger partial charge >= 0.3 is 0 Å². The van der Waals surface area contributed by atoms with E-state index in [1.54, 1.807) is 0 Å². The second-order valence-electron chi connectivity index (χ2n) is 4.16. The summed E-state index contributed by atoms with van der Waals surface area (Å²) < 4.78 is 0. The van der Waals surface area contributed by atoms with Gasteiger partial charge in [0, 0.05) is 19.0 Å². The number of hydrogen-bond acceptors (Lipinski definition) is 1. The Labute approximate surface area is 88.0 Å². The van der Waals surface area contributed by atoms with Crippen LogP contribution < -0.4 is 0 Å². The molecular formula is C12H23NO. The van der Waals surface area contributed by atoms with Gasteiger partial charge < -0.3 is 4.90 Å². The zero-order valence-electron chi connectivity index (χ0n) is 9.92. The normalized spacial score (nSPS) is 12.6. The van der Waals surface area contributed by atoms with Gasteiger partial charge in [0.15, 0.2) is 0 Å². The molecule has 0 aromatic heterocycles. The van der Waals surface area contributed by atoms with Crippen molar-refractivity contribution in [2.75, 3.05) is 6.54 Å². The van der Waals surface area contributed by atoms with Crippen molar-refractivity contribution in [3.8, 4) is 0 Å². The summed E-state index contributed by atoms with van der Waals surface area (Å²) in [6.45, 7) is 12.8. The Morgan fingerprint density at radius 2 is 2.00 bits per heavy atom. The highest BCUT2D eigenvalue weighted by molar-refractivity contribution is 5.76. The van der Waals surface area contributed by atoms with Gasteiger partial charge in [-0.25, -0.2) is 0 Å². The number of hydrogen-bond donors (Lipinski definition) is 0. The fourth-order valence-corrected chi connectivity index (χ4v) is 1.39. The second kappa shape index (κ2) is 6.63. The summed E-state index contributed by atoms with van der Waals surface area (Å²) in [5, 5.41) is 0. The number of carbonyl (C=O) groups excluding carboxylic acids is 1. The van der Waals surface area contributed by atoms with Crippen LogP contribution in [0, 0.1) is 5.92 Å². The first kappa shape index (κ1) is 13.2. The van der Waals surface area contributed by atoms with Gasteiger partial charge in [-0.2, -0.15) is 0 Å². The Morgan fingerprint density at radius 1 is 1.43 bits per heavy atom. The van der Waals surface area contributed by atoms with Crippen LogP contribution in [0.3, 0.4) is 0 Å². The molecule has 1 amide bonds. The molecule has 82 valence electrons. The maximum Gasteiger partial charge on any atom is 0.223 e. The number of rotatable bonds is 6. The van der Waals surface area contributed by atoms with Crippen LogP contribution in [0.2, 0.25) is 0 Å². The van der Waals surface area contributed by atoms with Crippen molar-refractivity contribution in [3.63, 3.8) is 0 Å². The molecule has 0 aliphatic rings. The second-order valence-corrected chi connectivity index (χ2v) is 4.16. The molecule has 0 aromatic rings. The maximum absolute atomic E-state index is 11.8. The average Bonchev–Trinajstić information content (AvgIpc) is 2.11. The van der Waals surface area contributed by atoms with E-state index in [0.29, 0.717) is 12.3 Å². The molecule has 0 aliphatic carbocycles. The first-order chi connectivity index (χ1) is 6.52. The smallest absolute Gasteiger partial charge is 0.223 e. The summed E-state index contributed by atoms with van der Waals surface area (Å²) in [7, 11) is 0. The molecule has 14 heavy (non-hydrogen) atoms. The Hall–Kier alpha value is -0.790. The number of nitrogens with zero attached hydrogens (tertiary/aromatic N) is 1. The van der Waals surface area contributed by atoms with Gasteiger partial charge in [-0.1, -0.05) is 26.8 Å². The van der Waals surface area contributed by atoms with E-state index in [2.05, 4.69) is 27.4 Å². The Morgan fingerprint density at radius 3 is 2.36 bits per heavy atom. The van der Waals surface area contributed by atoms with Crippen molar-refractivity contribution in [3.05, 3.63) is 12.7 Å². The van der Waals surface area contributed by atoms with Crippen molar-refractivity contribution in [2.45, 2.75) is 46.6 Å². The van der Waals surface area contributed by atoms with Crippen LogP contribution in [0.4, 0.5) is 0 Å². The van der Waals surface area contributed by atoms with E-state index in [1.165, 1.54) is 0 Å². The van der Waals surface area contributed by atoms with Gasteiger partial charge in [-0.3, -0.25) is 4.79 Å².